The molecule has 2 aromatic rings. The fourth-order valence-electron chi connectivity index (χ4n) is 2.50. The molecule has 6 heteroatoms. The van der Waals surface area contributed by atoms with E-state index in [9.17, 15) is 0 Å². The lowest BCUT2D eigenvalue weighted by Gasteiger charge is -2.27. The van der Waals surface area contributed by atoms with Crippen LogP contribution >= 0.6 is 25.4 Å². The Morgan fingerprint density at radius 3 is 2.96 bits per heavy atom. The summed E-state index contributed by atoms with van der Waals surface area (Å²) in [7, 11) is 0. The highest BCUT2D eigenvalue weighted by atomic mass is 32.1. The predicted molar refractivity (Wildman–Crippen MR) is 108 cm³/mol. The Labute approximate surface area is 153 Å². The van der Waals surface area contributed by atoms with Crippen LogP contribution in [0.2, 0.25) is 0 Å². The number of aliphatic imine (C=N–C) groups is 1. The molecule has 2 aromatic heterocycles. The summed E-state index contributed by atoms with van der Waals surface area (Å²) in [5.74, 6) is 0. The number of allylic oxidation sites excluding steroid dienone is 1. The van der Waals surface area contributed by atoms with Crippen LogP contribution < -0.4 is 4.31 Å². The minimum Gasteiger partial charge on any atom is -0.316 e. The average Bonchev–Trinajstić information content (AvgIpc) is 2.62. The van der Waals surface area contributed by atoms with Gasteiger partial charge in [-0.3, -0.25) is 9.98 Å². The van der Waals surface area contributed by atoms with Gasteiger partial charge < -0.3 is 4.31 Å². The van der Waals surface area contributed by atoms with Crippen LogP contribution in [-0.2, 0) is 0 Å². The van der Waals surface area contributed by atoms with E-state index >= 15 is 0 Å². The molecule has 0 aromatic carbocycles. The lowest BCUT2D eigenvalue weighted by atomic mass is 10.0. The molecule has 0 aliphatic carbocycles. The molecule has 3 rings (SSSR count). The van der Waals surface area contributed by atoms with E-state index in [0.29, 0.717) is 4.91 Å². The first-order chi connectivity index (χ1) is 11.7. The molecule has 0 atom stereocenters. The number of hydrogen-bond donors (Lipinski definition) is 2. The summed E-state index contributed by atoms with van der Waals surface area (Å²) in [6.07, 6.45) is 9.98. The molecule has 0 amide bonds. The van der Waals surface area contributed by atoms with Crippen molar-refractivity contribution in [3.8, 4) is 0 Å². The largest absolute Gasteiger partial charge is 0.316 e. The van der Waals surface area contributed by atoms with E-state index in [2.05, 4.69) is 41.5 Å². The maximum absolute atomic E-state index is 4.75. The van der Waals surface area contributed by atoms with Crippen LogP contribution in [0.5, 0.6) is 0 Å². The quantitative estimate of drug-likeness (QED) is 0.638. The molecule has 0 N–H and O–H groups in total. The number of thiol groups is 2. The Morgan fingerprint density at radius 1 is 1.33 bits per heavy atom. The highest BCUT2D eigenvalue weighted by Gasteiger charge is 2.20. The fraction of sp³-hybridized carbons (Fsp3) is 0.167. The Hall–Kier alpha value is -2.05. The molecule has 0 saturated heterocycles. The van der Waals surface area contributed by atoms with Crippen molar-refractivity contribution in [1.82, 2.24) is 9.97 Å². The Bertz CT molecular complexity index is 813. The zero-order chi connectivity index (χ0) is 16.9. The number of pyridine rings is 2. The molecule has 0 radical (unpaired) electrons. The van der Waals surface area contributed by atoms with E-state index in [1.54, 1.807) is 24.8 Å². The third-order valence-corrected chi connectivity index (χ3v) is 4.52. The van der Waals surface area contributed by atoms with Crippen LogP contribution in [0.4, 0.5) is 5.69 Å². The Morgan fingerprint density at radius 2 is 2.21 bits per heavy atom. The van der Waals surface area contributed by atoms with Crippen LogP contribution in [0.25, 0.3) is 10.5 Å². The molecule has 3 heterocycles. The van der Waals surface area contributed by atoms with Crippen molar-refractivity contribution in [3.63, 3.8) is 0 Å². The summed E-state index contributed by atoms with van der Waals surface area (Å²) in [4.78, 5) is 13.8. The van der Waals surface area contributed by atoms with Crippen molar-refractivity contribution in [1.29, 1.82) is 0 Å². The number of fused-ring (bicyclic) bond motifs is 1. The lowest BCUT2D eigenvalue weighted by molar-refractivity contribution is 0.961. The molecule has 24 heavy (non-hydrogen) atoms. The summed E-state index contributed by atoms with van der Waals surface area (Å²) in [5.41, 5.74) is 4.96. The summed E-state index contributed by atoms with van der Waals surface area (Å²) in [6.45, 7) is 2.92. The van der Waals surface area contributed by atoms with Gasteiger partial charge in [-0.25, -0.2) is 4.98 Å². The number of hydrogen-bond acceptors (Lipinski definition) is 6. The number of nitrogens with zero attached hydrogens (tertiary/aromatic N) is 4. The van der Waals surface area contributed by atoms with Gasteiger partial charge in [-0.1, -0.05) is 25.0 Å². The molecule has 1 aliphatic rings. The number of anilines is 1. The van der Waals surface area contributed by atoms with Crippen molar-refractivity contribution in [2.45, 2.75) is 13.3 Å². The van der Waals surface area contributed by atoms with Gasteiger partial charge in [0.25, 0.3) is 0 Å². The molecule has 4 nitrogen and oxygen atoms in total. The summed E-state index contributed by atoms with van der Waals surface area (Å²) < 4.78 is 1.93. The van der Waals surface area contributed by atoms with Gasteiger partial charge in [0.2, 0.25) is 0 Å². The highest BCUT2D eigenvalue weighted by Crippen LogP contribution is 2.35. The molecule has 0 bridgehead atoms. The van der Waals surface area contributed by atoms with Crippen molar-refractivity contribution in [3.05, 3.63) is 65.9 Å². The van der Waals surface area contributed by atoms with E-state index in [1.165, 1.54) is 5.57 Å². The van der Waals surface area contributed by atoms with E-state index in [-0.39, 0.29) is 0 Å². The van der Waals surface area contributed by atoms with Crippen molar-refractivity contribution in [2.24, 2.45) is 4.99 Å². The second kappa shape index (κ2) is 7.68. The van der Waals surface area contributed by atoms with Crippen molar-refractivity contribution >= 4 is 47.8 Å². The molecule has 1 aliphatic heterocycles. The average molecular weight is 355 g/mol. The third-order valence-electron chi connectivity index (χ3n) is 3.76. The van der Waals surface area contributed by atoms with E-state index in [4.69, 9.17) is 4.98 Å². The first-order valence-electron chi connectivity index (χ1n) is 7.65. The van der Waals surface area contributed by atoms with Gasteiger partial charge in [-0.05, 0) is 37.1 Å². The molecular formula is C18H18N4S2. The van der Waals surface area contributed by atoms with Crippen LogP contribution in [0, 0.1) is 0 Å². The Balaban J connectivity index is 1.87. The molecule has 122 valence electrons. The van der Waals surface area contributed by atoms with Crippen LogP contribution in [-0.4, -0.2) is 22.7 Å². The minimum absolute atomic E-state index is 0.713. The Kier molecular flexibility index (Phi) is 5.37. The van der Waals surface area contributed by atoms with Gasteiger partial charge in [0.05, 0.1) is 17.1 Å². The zero-order valence-corrected chi connectivity index (χ0v) is 15.1. The normalized spacial score (nSPS) is 16.7. The second-order valence-electron chi connectivity index (χ2n) is 5.33. The minimum atomic E-state index is 0.713. The van der Waals surface area contributed by atoms with Crippen molar-refractivity contribution in [2.75, 3.05) is 10.8 Å². The summed E-state index contributed by atoms with van der Waals surface area (Å²) >= 11 is 9.04. The van der Waals surface area contributed by atoms with Crippen LogP contribution in [0.1, 0.15) is 30.3 Å². The maximum Gasteiger partial charge on any atom is 0.0908 e. The smallest absolute Gasteiger partial charge is 0.0908 e. The first kappa shape index (κ1) is 16.8. The molecule has 0 spiro atoms. The van der Waals surface area contributed by atoms with Crippen LogP contribution in [0.3, 0.4) is 0 Å². The first-order valence-corrected chi connectivity index (χ1v) is 8.49. The monoisotopic (exact) mass is 354 g/mol. The fourth-order valence-corrected chi connectivity index (χ4v) is 2.95. The van der Waals surface area contributed by atoms with Gasteiger partial charge in [-0.2, -0.15) is 0 Å². The van der Waals surface area contributed by atoms with Gasteiger partial charge in [0.1, 0.15) is 0 Å². The van der Waals surface area contributed by atoms with Gasteiger partial charge in [-0.15, -0.1) is 12.6 Å². The molecular weight excluding hydrogens is 336 g/mol. The summed E-state index contributed by atoms with van der Waals surface area (Å²) in [5, 5.41) is 0. The zero-order valence-electron chi connectivity index (χ0n) is 13.3. The number of aromatic nitrogens is 2. The maximum atomic E-state index is 4.75. The standard InChI is InChI=1S/C18H18N4S2/c1-2-14-7-9-22(24)16-6-5-15(21-18(14)16)17(23)12-20-11-13-4-3-8-19-10-13/h2-6,8,10-12,23-24H,7,9H2,1H3/b14-2+,17-12-,20-11?. The lowest BCUT2D eigenvalue weighted by Crippen LogP contribution is -2.20. The van der Waals surface area contributed by atoms with E-state index in [1.807, 2.05) is 35.5 Å². The second-order valence-corrected chi connectivity index (χ2v) is 6.29. The van der Waals surface area contributed by atoms with Gasteiger partial charge in [0, 0.05) is 41.8 Å². The topological polar surface area (TPSA) is 41.4 Å². The van der Waals surface area contributed by atoms with E-state index in [0.717, 1.165) is 35.6 Å². The molecule has 0 saturated carbocycles. The van der Waals surface area contributed by atoms with Gasteiger partial charge >= 0.3 is 0 Å². The summed E-state index contributed by atoms with van der Waals surface area (Å²) in [6, 6.07) is 7.79. The van der Waals surface area contributed by atoms with E-state index < -0.39 is 0 Å². The van der Waals surface area contributed by atoms with Gasteiger partial charge in [0.15, 0.2) is 0 Å². The van der Waals surface area contributed by atoms with Crippen molar-refractivity contribution < 1.29 is 0 Å². The molecule has 0 unspecified atom stereocenters. The third kappa shape index (κ3) is 3.71. The van der Waals surface area contributed by atoms with Crippen LogP contribution in [0.15, 0.2) is 53.9 Å². The molecule has 0 fully saturated rings. The number of rotatable bonds is 3. The predicted octanol–water partition coefficient (Wildman–Crippen LogP) is 4.28. The SMILES string of the molecule is C/C=C1\CCN(S)c2ccc(/C(S)=C/N=Cc3cccnc3)nc21. The highest BCUT2D eigenvalue weighted by molar-refractivity contribution is 7.90.